The van der Waals surface area contributed by atoms with Crippen molar-refractivity contribution >= 4 is 0 Å². The van der Waals surface area contributed by atoms with Crippen LogP contribution in [0.5, 0.6) is 0 Å². The Bertz CT molecular complexity index is 318. The molecular formula is C19H38. The van der Waals surface area contributed by atoms with Gasteiger partial charge in [0, 0.05) is 0 Å². The molecule has 0 amide bonds. The van der Waals surface area contributed by atoms with Gasteiger partial charge in [-0.3, -0.25) is 0 Å². The van der Waals surface area contributed by atoms with E-state index in [-0.39, 0.29) is 0 Å². The molecule has 0 bridgehead atoms. The molecule has 0 rings (SSSR count). The summed E-state index contributed by atoms with van der Waals surface area (Å²) in [7, 11) is 0. The fourth-order valence-electron chi connectivity index (χ4n) is 2.65. The minimum absolute atomic E-state index is 0.326. The van der Waals surface area contributed by atoms with Gasteiger partial charge in [0.2, 0.25) is 0 Å². The Morgan fingerprint density at radius 3 is 1.47 bits per heavy atom. The van der Waals surface area contributed by atoms with E-state index in [1.54, 1.807) is 0 Å². The average Bonchev–Trinajstić information content (AvgIpc) is 2.12. The fraction of sp³-hybridized carbons (Fsp3) is 0.895. The number of hydrogen-bond donors (Lipinski definition) is 0. The Morgan fingerprint density at radius 1 is 0.737 bits per heavy atom. The lowest BCUT2D eigenvalue weighted by molar-refractivity contribution is 0.00244. The van der Waals surface area contributed by atoms with Crippen LogP contribution in [0.4, 0.5) is 0 Å². The first-order valence-corrected chi connectivity index (χ1v) is 7.78. The number of allylic oxidation sites excluding steroid dienone is 2. The van der Waals surface area contributed by atoms with E-state index in [0.717, 1.165) is 0 Å². The summed E-state index contributed by atoms with van der Waals surface area (Å²) in [5.41, 5.74) is 2.85. The van der Waals surface area contributed by atoms with Crippen LogP contribution in [-0.4, -0.2) is 0 Å². The summed E-state index contributed by atoms with van der Waals surface area (Å²) in [6.07, 6.45) is 4.71. The Labute approximate surface area is 123 Å². The molecule has 0 aromatic carbocycles. The van der Waals surface area contributed by atoms with Gasteiger partial charge >= 0.3 is 0 Å². The normalized spacial score (nSPS) is 15.8. The fourth-order valence-corrected chi connectivity index (χ4v) is 2.65. The highest BCUT2D eigenvalue weighted by atomic mass is 14.5. The van der Waals surface area contributed by atoms with Crippen LogP contribution in [0.25, 0.3) is 0 Å². The van der Waals surface area contributed by atoms with Crippen molar-refractivity contribution in [3.8, 4) is 0 Å². The first kappa shape index (κ1) is 18.7. The van der Waals surface area contributed by atoms with Gasteiger partial charge in [0.1, 0.15) is 0 Å². The molecule has 0 aliphatic rings. The lowest BCUT2D eigenvalue weighted by Crippen LogP contribution is -2.41. The summed E-state index contributed by atoms with van der Waals surface area (Å²) in [5, 5.41) is 0. The predicted molar refractivity (Wildman–Crippen MR) is 89.5 cm³/mol. The highest BCUT2D eigenvalue weighted by Crippen LogP contribution is 2.53. The van der Waals surface area contributed by atoms with Crippen LogP contribution < -0.4 is 0 Å². The summed E-state index contributed by atoms with van der Waals surface area (Å²) >= 11 is 0. The highest BCUT2D eigenvalue weighted by Gasteiger charge is 2.44. The molecule has 0 saturated carbocycles. The van der Waals surface area contributed by atoms with Crippen LogP contribution >= 0.6 is 0 Å². The zero-order chi connectivity index (χ0) is 15.7. The first-order valence-electron chi connectivity index (χ1n) is 7.78. The van der Waals surface area contributed by atoms with Gasteiger partial charge in [0.05, 0.1) is 0 Å². The van der Waals surface area contributed by atoms with Crippen LogP contribution in [0, 0.1) is 21.7 Å². The molecule has 0 heterocycles. The van der Waals surface area contributed by atoms with Gasteiger partial charge in [-0.05, 0) is 48.3 Å². The molecule has 0 unspecified atom stereocenters. The van der Waals surface area contributed by atoms with Crippen molar-refractivity contribution in [2.75, 3.05) is 0 Å². The van der Waals surface area contributed by atoms with Gasteiger partial charge in [-0.2, -0.15) is 0 Å². The van der Waals surface area contributed by atoms with Crippen molar-refractivity contribution in [3.05, 3.63) is 11.6 Å². The van der Waals surface area contributed by atoms with Crippen LogP contribution in [-0.2, 0) is 0 Å². The smallest absolute Gasteiger partial charge is 0.0266 e. The second-order valence-corrected chi connectivity index (χ2v) is 9.39. The van der Waals surface area contributed by atoms with Crippen molar-refractivity contribution in [1.29, 1.82) is 0 Å². The second-order valence-electron chi connectivity index (χ2n) is 9.39. The molecular weight excluding hydrogens is 228 g/mol. The molecule has 0 aromatic heterocycles. The van der Waals surface area contributed by atoms with Gasteiger partial charge in [-0.1, -0.05) is 74.0 Å². The molecule has 0 aromatic rings. The van der Waals surface area contributed by atoms with E-state index >= 15 is 0 Å². The largest absolute Gasteiger partial charge is 0.0887 e. The minimum atomic E-state index is 0.326. The van der Waals surface area contributed by atoms with E-state index in [0.29, 0.717) is 21.7 Å². The van der Waals surface area contributed by atoms with Crippen molar-refractivity contribution in [1.82, 2.24) is 0 Å². The minimum Gasteiger partial charge on any atom is -0.0887 e. The summed E-state index contributed by atoms with van der Waals surface area (Å²) in [6, 6.07) is 0. The van der Waals surface area contributed by atoms with E-state index in [1.165, 1.54) is 18.4 Å². The molecule has 0 fully saturated rings. The lowest BCUT2D eigenvalue weighted by atomic mass is 9.55. The predicted octanol–water partition coefficient (Wildman–Crippen LogP) is 6.86. The molecule has 19 heavy (non-hydrogen) atoms. The van der Waals surface area contributed by atoms with Crippen LogP contribution in [0.1, 0.15) is 89.0 Å². The van der Waals surface area contributed by atoms with Gasteiger partial charge in [0.25, 0.3) is 0 Å². The number of hydrogen-bond acceptors (Lipinski definition) is 0. The van der Waals surface area contributed by atoms with Crippen molar-refractivity contribution in [2.24, 2.45) is 21.7 Å². The topological polar surface area (TPSA) is 0 Å². The molecule has 0 saturated heterocycles. The first-order chi connectivity index (χ1) is 8.16. The quantitative estimate of drug-likeness (QED) is 0.477. The van der Waals surface area contributed by atoms with E-state index in [4.69, 9.17) is 0 Å². The van der Waals surface area contributed by atoms with Gasteiger partial charge < -0.3 is 0 Å². The molecule has 0 spiro atoms. The summed E-state index contributed by atoms with van der Waals surface area (Å²) in [5.74, 6) is 0. The lowest BCUT2D eigenvalue weighted by Gasteiger charge is -2.50. The molecule has 114 valence electrons. The molecule has 0 aliphatic carbocycles. The Morgan fingerprint density at radius 2 is 1.16 bits per heavy atom. The Hall–Kier alpha value is -0.260. The van der Waals surface area contributed by atoms with Crippen molar-refractivity contribution in [3.63, 3.8) is 0 Å². The second kappa shape index (κ2) is 5.62. The van der Waals surface area contributed by atoms with Crippen LogP contribution in [0.2, 0.25) is 0 Å². The van der Waals surface area contributed by atoms with Crippen molar-refractivity contribution in [2.45, 2.75) is 89.0 Å². The monoisotopic (exact) mass is 266 g/mol. The van der Waals surface area contributed by atoms with E-state index < -0.39 is 0 Å². The molecule has 0 nitrogen and oxygen atoms in total. The maximum Gasteiger partial charge on any atom is -0.0266 e. The van der Waals surface area contributed by atoms with Crippen LogP contribution in [0.15, 0.2) is 11.6 Å². The molecule has 0 N–H and O–H groups in total. The summed E-state index contributed by atoms with van der Waals surface area (Å²) < 4.78 is 0. The average molecular weight is 267 g/mol. The van der Waals surface area contributed by atoms with E-state index in [1.807, 2.05) is 0 Å². The Kier molecular flexibility index (Phi) is 5.54. The molecule has 0 aliphatic heterocycles. The standard InChI is InChI=1S/C19H38/c1-12-15(2)13-17(6,7)19(10,11)14-18(8,9)16(3,4)5/h12H,13-14H2,1-11H3/b15-12-. The molecule has 0 heteroatoms. The third-order valence-corrected chi connectivity index (χ3v) is 5.96. The van der Waals surface area contributed by atoms with Gasteiger partial charge in [-0.25, -0.2) is 0 Å². The summed E-state index contributed by atoms with van der Waals surface area (Å²) in [4.78, 5) is 0. The highest BCUT2D eigenvalue weighted by molar-refractivity contribution is 5.04. The maximum absolute atomic E-state index is 2.45. The van der Waals surface area contributed by atoms with Gasteiger partial charge in [0.15, 0.2) is 0 Å². The SMILES string of the molecule is C/C=C(/C)CC(C)(C)C(C)(C)CC(C)(C)C(C)(C)C. The van der Waals surface area contributed by atoms with Gasteiger partial charge in [-0.15, -0.1) is 0 Å². The molecule has 0 atom stereocenters. The third kappa shape index (κ3) is 4.65. The third-order valence-electron chi connectivity index (χ3n) is 5.96. The zero-order valence-corrected chi connectivity index (χ0v) is 15.5. The molecule has 0 radical (unpaired) electrons. The van der Waals surface area contributed by atoms with E-state index in [2.05, 4.69) is 82.2 Å². The summed E-state index contributed by atoms with van der Waals surface area (Å²) in [6.45, 7) is 26.1. The maximum atomic E-state index is 2.45. The van der Waals surface area contributed by atoms with Crippen molar-refractivity contribution < 1.29 is 0 Å². The van der Waals surface area contributed by atoms with Crippen LogP contribution in [0.3, 0.4) is 0 Å². The number of rotatable bonds is 5. The zero-order valence-electron chi connectivity index (χ0n) is 15.5. The Balaban J connectivity index is 5.17. The van der Waals surface area contributed by atoms with E-state index in [9.17, 15) is 0 Å².